The van der Waals surface area contributed by atoms with Crippen LogP contribution in [0.1, 0.15) is 11.3 Å². The molecule has 13 heavy (non-hydrogen) atoms. The molecule has 0 N–H and O–H groups in total. The molecule has 0 fully saturated rings. The first-order valence-corrected chi connectivity index (χ1v) is 3.27. The standard InChI is InChI=1S/C8H6N2O2.Na/c9-4-6-1-2-7(10-5-6)3-8(11)12;/h1-2,5H,3H2,(H,11,12);/q;+1/p-1. The van der Waals surface area contributed by atoms with Crippen molar-refractivity contribution in [1.82, 2.24) is 4.98 Å². The average Bonchev–Trinajstić information content (AvgIpc) is 2.05. The van der Waals surface area contributed by atoms with Crippen molar-refractivity contribution >= 4 is 5.97 Å². The van der Waals surface area contributed by atoms with Crippen LogP contribution in [0.4, 0.5) is 0 Å². The van der Waals surface area contributed by atoms with Gasteiger partial charge in [0.25, 0.3) is 0 Å². The average molecular weight is 184 g/mol. The largest absolute Gasteiger partial charge is 1.00 e. The minimum Gasteiger partial charge on any atom is -0.550 e. The minimum atomic E-state index is -1.17. The van der Waals surface area contributed by atoms with Crippen molar-refractivity contribution in [3.8, 4) is 6.07 Å². The molecule has 0 aliphatic heterocycles. The summed E-state index contributed by atoms with van der Waals surface area (Å²) in [5.74, 6) is -1.17. The van der Waals surface area contributed by atoms with Gasteiger partial charge < -0.3 is 9.90 Å². The summed E-state index contributed by atoms with van der Waals surface area (Å²) in [7, 11) is 0. The topological polar surface area (TPSA) is 76.8 Å². The van der Waals surface area contributed by atoms with Gasteiger partial charge >= 0.3 is 29.6 Å². The smallest absolute Gasteiger partial charge is 0.550 e. The Morgan fingerprint density at radius 1 is 1.62 bits per heavy atom. The Balaban J connectivity index is 0.00000144. The molecule has 0 amide bonds. The van der Waals surface area contributed by atoms with Gasteiger partial charge in [0.05, 0.1) is 5.56 Å². The number of carboxylic acids is 1. The number of pyridine rings is 1. The molecule has 1 rings (SSSR count). The monoisotopic (exact) mass is 184 g/mol. The molecule has 0 bridgehead atoms. The summed E-state index contributed by atoms with van der Waals surface area (Å²) in [4.78, 5) is 13.9. The van der Waals surface area contributed by atoms with Crippen LogP contribution in [-0.4, -0.2) is 11.0 Å². The van der Waals surface area contributed by atoms with E-state index in [1.165, 1.54) is 18.3 Å². The van der Waals surface area contributed by atoms with E-state index in [-0.39, 0.29) is 36.0 Å². The van der Waals surface area contributed by atoms with E-state index in [2.05, 4.69) is 4.98 Å². The van der Waals surface area contributed by atoms with E-state index < -0.39 is 5.97 Å². The first-order valence-electron chi connectivity index (χ1n) is 3.27. The fourth-order valence-corrected chi connectivity index (χ4v) is 0.743. The number of hydrogen-bond donors (Lipinski definition) is 0. The van der Waals surface area contributed by atoms with Gasteiger partial charge in [-0.05, 0) is 12.1 Å². The Kier molecular flexibility index (Phi) is 5.31. The molecule has 60 valence electrons. The zero-order valence-electron chi connectivity index (χ0n) is 7.15. The summed E-state index contributed by atoms with van der Waals surface area (Å²) >= 11 is 0. The number of nitriles is 1. The number of carbonyl (C=O) groups is 1. The van der Waals surface area contributed by atoms with E-state index in [1.807, 2.05) is 6.07 Å². The van der Waals surface area contributed by atoms with Gasteiger partial charge in [0.15, 0.2) is 0 Å². The van der Waals surface area contributed by atoms with Crippen LogP contribution in [0.3, 0.4) is 0 Å². The van der Waals surface area contributed by atoms with Gasteiger partial charge in [0.2, 0.25) is 0 Å². The summed E-state index contributed by atoms with van der Waals surface area (Å²) in [5, 5.41) is 18.5. The van der Waals surface area contributed by atoms with Gasteiger partial charge in [-0.25, -0.2) is 0 Å². The van der Waals surface area contributed by atoms with Gasteiger partial charge in [0.1, 0.15) is 6.07 Å². The Morgan fingerprint density at radius 2 is 2.31 bits per heavy atom. The van der Waals surface area contributed by atoms with Crippen LogP contribution in [0.5, 0.6) is 0 Å². The Labute approximate surface area is 97.5 Å². The van der Waals surface area contributed by atoms with Crippen LogP contribution in [0.25, 0.3) is 0 Å². The molecule has 0 saturated heterocycles. The van der Waals surface area contributed by atoms with Crippen molar-refractivity contribution in [2.45, 2.75) is 6.42 Å². The van der Waals surface area contributed by atoms with Crippen molar-refractivity contribution in [1.29, 1.82) is 5.26 Å². The maximum atomic E-state index is 10.1. The quantitative estimate of drug-likeness (QED) is 0.442. The maximum absolute atomic E-state index is 10.1. The predicted octanol–water partition coefficient (Wildman–Crippen LogP) is -3.75. The molecule has 1 heterocycles. The molecule has 4 nitrogen and oxygen atoms in total. The second-order valence-corrected chi connectivity index (χ2v) is 2.20. The second-order valence-electron chi connectivity index (χ2n) is 2.20. The molecule has 0 radical (unpaired) electrons. The van der Waals surface area contributed by atoms with Gasteiger partial charge in [-0.3, -0.25) is 4.98 Å². The summed E-state index contributed by atoms with van der Waals surface area (Å²) < 4.78 is 0. The van der Waals surface area contributed by atoms with Crippen LogP contribution >= 0.6 is 0 Å². The van der Waals surface area contributed by atoms with E-state index in [0.29, 0.717) is 11.3 Å². The van der Waals surface area contributed by atoms with Crippen LogP contribution in [0, 0.1) is 11.3 Å². The summed E-state index contributed by atoms with van der Waals surface area (Å²) in [6.45, 7) is 0. The van der Waals surface area contributed by atoms with Crippen LogP contribution in [0.15, 0.2) is 18.3 Å². The third kappa shape index (κ3) is 4.04. The summed E-state index contributed by atoms with van der Waals surface area (Å²) in [5.41, 5.74) is 0.811. The number of rotatable bonds is 2. The van der Waals surface area contributed by atoms with E-state index in [4.69, 9.17) is 5.26 Å². The maximum Gasteiger partial charge on any atom is 1.00 e. The Bertz CT molecular complexity index is 329. The molecule has 0 spiro atoms. The molecule has 0 atom stereocenters. The van der Waals surface area contributed by atoms with Crippen molar-refractivity contribution in [3.05, 3.63) is 29.6 Å². The fourth-order valence-electron chi connectivity index (χ4n) is 0.743. The Morgan fingerprint density at radius 3 is 2.69 bits per heavy atom. The van der Waals surface area contributed by atoms with Crippen LogP contribution in [0.2, 0.25) is 0 Å². The number of aliphatic carboxylic acids is 1. The molecule has 1 aromatic heterocycles. The van der Waals surface area contributed by atoms with Gasteiger partial charge in [-0.15, -0.1) is 0 Å². The normalized spacial score (nSPS) is 8.23. The molecule has 1 aromatic rings. The van der Waals surface area contributed by atoms with Gasteiger partial charge in [-0.1, -0.05) is 0 Å². The second kappa shape index (κ2) is 5.70. The molecule has 0 saturated carbocycles. The van der Waals surface area contributed by atoms with Gasteiger partial charge in [-0.2, -0.15) is 5.26 Å². The first-order chi connectivity index (χ1) is 5.72. The summed E-state index contributed by atoms with van der Waals surface area (Å²) in [6.07, 6.45) is 1.12. The van der Waals surface area contributed by atoms with Crippen LogP contribution in [-0.2, 0) is 11.2 Å². The van der Waals surface area contributed by atoms with E-state index in [1.54, 1.807) is 0 Å². The molecular weight excluding hydrogens is 179 g/mol. The third-order valence-electron chi connectivity index (χ3n) is 1.28. The minimum absolute atomic E-state index is 0. The van der Waals surface area contributed by atoms with Crippen molar-refractivity contribution < 1.29 is 39.5 Å². The van der Waals surface area contributed by atoms with Crippen LogP contribution < -0.4 is 34.7 Å². The number of carboxylic acid groups (broad SMARTS) is 1. The first kappa shape index (κ1) is 12.1. The molecular formula is C8H5N2NaO2. The number of nitrogens with zero attached hydrogens (tertiary/aromatic N) is 2. The van der Waals surface area contributed by atoms with Gasteiger partial charge in [0, 0.05) is 24.3 Å². The SMILES string of the molecule is N#Cc1ccc(CC(=O)[O-])nc1.[Na+]. The number of hydrogen-bond acceptors (Lipinski definition) is 4. The zero-order chi connectivity index (χ0) is 8.97. The number of carbonyl (C=O) groups excluding carboxylic acids is 1. The van der Waals surface area contributed by atoms with E-state index in [0.717, 1.165) is 0 Å². The number of aromatic nitrogens is 1. The molecule has 0 unspecified atom stereocenters. The fraction of sp³-hybridized carbons (Fsp3) is 0.125. The van der Waals surface area contributed by atoms with Crippen molar-refractivity contribution in [2.24, 2.45) is 0 Å². The Hall–Kier alpha value is -0.890. The molecule has 5 heteroatoms. The van der Waals surface area contributed by atoms with Crippen molar-refractivity contribution in [2.75, 3.05) is 0 Å². The van der Waals surface area contributed by atoms with E-state index in [9.17, 15) is 9.90 Å². The molecule has 0 aromatic carbocycles. The third-order valence-corrected chi connectivity index (χ3v) is 1.28. The summed E-state index contributed by atoms with van der Waals surface area (Å²) in [6, 6.07) is 4.90. The predicted molar refractivity (Wildman–Crippen MR) is 37.7 cm³/mol. The van der Waals surface area contributed by atoms with Crippen molar-refractivity contribution in [3.63, 3.8) is 0 Å². The van der Waals surface area contributed by atoms with E-state index >= 15 is 0 Å². The molecule has 0 aliphatic rings. The molecule has 0 aliphatic carbocycles. The zero-order valence-corrected chi connectivity index (χ0v) is 9.15.